The van der Waals surface area contributed by atoms with Crippen LogP contribution < -0.4 is 4.74 Å². The molecule has 100 valence electrons. The molecule has 0 heterocycles. The van der Waals surface area contributed by atoms with E-state index in [1.807, 2.05) is 0 Å². The van der Waals surface area contributed by atoms with Gasteiger partial charge in [-0.15, -0.1) is 0 Å². The molecule has 0 unspecified atom stereocenters. The second-order valence-corrected chi connectivity index (χ2v) is 6.64. The van der Waals surface area contributed by atoms with E-state index in [-0.39, 0.29) is 11.5 Å². The highest BCUT2D eigenvalue weighted by molar-refractivity contribution is 8.13. The SMILES string of the molecule is O=S(=O)(Cl)Cc1ccc(F)c(Oc2ccccc2)c1. The van der Waals surface area contributed by atoms with E-state index in [9.17, 15) is 12.8 Å². The maximum Gasteiger partial charge on any atom is 0.236 e. The van der Waals surface area contributed by atoms with E-state index in [1.165, 1.54) is 12.1 Å². The minimum atomic E-state index is -3.69. The van der Waals surface area contributed by atoms with Gasteiger partial charge >= 0.3 is 0 Å². The van der Waals surface area contributed by atoms with Gasteiger partial charge in [-0.2, -0.15) is 0 Å². The van der Waals surface area contributed by atoms with Crippen molar-refractivity contribution < 1.29 is 17.5 Å². The van der Waals surface area contributed by atoms with Crippen molar-refractivity contribution in [1.29, 1.82) is 0 Å². The number of hydrogen-bond acceptors (Lipinski definition) is 3. The van der Waals surface area contributed by atoms with Gasteiger partial charge in [-0.05, 0) is 29.8 Å². The number of halogens is 2. The lowest BCUT2D eigenvalue weighted by atomic mass is 10.2. The van der Waals surface area contributed by atoms with E-state index in [2.05, 4.69) is 0 Å². The fourth-order valence-electron chi connectivity index (χ4n) is 1.53. The van der Waals surface area contributed by atoms with Crippen molar-refractivity contribution in [2.45, 2.75) is 5.75 Å². The molecular formula is C13H10ClFO3S. The monoisotopic (exact) mass is 300 g/mol. The van der Waals surface area contributed by atoms with Gasteiger partial charge in [0.05, 0.1) is 5.75 Å². The zero-order chi connectivity index (χ0) is 13.9. The summed E-state index contributed by atoms with van der Waals surface area (Å²) in [5.41, 5.74) is 0.363. The lowest BCUT2D eigenvalue weighted by molar-refractivity contribution is 0.441. The van der Waals surface area contributed by atoms with Crippen molar-refractivity contribution in [2.24, 2.45) is 0 Å². The molecule has 2 aromatic carbocycles. The van der Waals surface area contributed by atoms with E-state index in [0.717, 1.165) is 6.07 Å². The maximum atomic E-state index is 13.6. The first-order valence-corrected chi connectivity index (χ1v) is 7.85. The molecule has 0 radical (unpaired) electrons. The molecule has 0 aliphatic carbocycles. The van der Waals surface area contributed by atoms with Gasteiger partial charge in [0, 0.05) is 10.7 Å². The largest absolute Gasteiger partial charge is 0.454 e. The molecule has 2 aromatic rings. The smallest absolute Gasteiger partial charge is 0.236 e. The average Bonchev–Trinajstić information content (AvgIpc) is 2.33. The molecule has 3 nitrogen and oxygen atoms in total. The summed E-state index contributed by atoms with van der Waals surface area (Å²) in [6, 6.07) is 12.5. The maximum absolute atomic E-state index is 13.6. The van der Waals surface area contributed by atoms with E-state index >= 15 is 0 Å². The van der Waals surface area contributed by atoms with E-state index in [1.54, 1.807) is 30.3 Å². The molecule has 0 atom stereocenters. The van der Waals surface area contributed by atoms with Gasteiger partial charge in [0.15, 0.2) is 11.6 Å². The molecule has 2 rings (SSSR count). The number of rotatable bonds is 4. The third kappa shape index (κ3) is 4.22. The molecule has 0 N–H and O–H groups in total. The van der Waals surface area contributed by atoms with Crippen molar-refractivity contribution >= 4 is 19.7 Å². The van der Waals surface area contributed by atoms with Gasteiger partial charge < -0.3 is 4.74 Å². The molecule has 0 saturated heterocycles. The Bertz CT molecular complexity index is 672. The fourth-order valence-corrected chi connectivity index (χ4v) is 2.49. The minimum Gasteiger partial charge on any atom is -0.454 e. The molecular weight excluding hydrogens is 291 g/mol. The van der Waals surface area contributed by atoms with Crippen molar-refractivity contribution in [3.63, 3.8) is 0 Å². The predicted molar refractivity (Wildman–Crippen MR) is 71.4 cm³/mol. The molecule has 0 spiro atoms. The van der Waals surface area contributed by atoms with Crippen LogP contribution in [0, 0.1) is 5.82 Å². The first-order valence-electron chi connectivity index (χ1n) is 5.38. The van der Waals surface area contributed by atoms with Gasteiger partial charge in [-0.25, -0.2) is 12.8 Å². The van der Waals surface area contributed by atoms with Crippen LogP contribution in [-0.4, -0.2) is 8.42 Å². The summed E-state index contributed by atoms with van der Waals surface area (Å²) in [6.07, 6.45) is 0. The number of benzene rings is 2. The number of hydrogen-bond donors (Lipinski definition) is 0. The van der Waals surface area contributed by atoms with Crippen LogP contribution in [0.5, 0.6) is 11.5 Å². The summed E-state index contributed by atoms with van der Waals surface area (Å²) in [6.45, 7) is 0. The lowest BCUT2D eigenvalue weighted by Gasteiger charge is -2.08. The second-order valence-electron chi connectivity index (χ2n) is 3.86. The summed E-state index contributed by atoms with van der Waals surface area (Å²) < 4.78 is 40.9. The molecule has 0 amide bonds. The van der Waals surface area contributed by atoms with Gasteiger partial charge in [0.25, 0.3) is 0 Å². The van der Waals surface area contributed by atoms with E-state index in [0.29, 0.717) is 11.3 Å². The Kier molecular flexibility index (Phi) is 4.07. The van der Waals surface area contributed by atoms with E-state index in [4.69, 9.17) is 15.4 Å². The van der Waals surface area contributed by atoms with Gasteiger partial charge in [-0.1, -0.05) is 24.3 Å². The Morgan fingerprint density at radius 3 is 2.42 bits per heavy atom. The third-order valence-corrected chi connectivity index (χ3v) is 3.31. The van der Waals surface area contributed by atoms with Gasteiger partial charge in [-0.3, -0.25) is 0 Å². The van der Waals surface area contributed by atoms with Gasteiger partial charge in [0.2, 0.25) is 9.05 Å². The Morgan fingerprint density at radius 1 is 1.11 bits per heavy atom. The zero-order valence-corrected chi connectivity index (χ0v) is 11.3. The molecule has 0 saturated carbocycles. The van der Waals surface area contributed by atoms with Crippen LogP contribution in [0.1, 0.15) is 5.56 Å². The summed E-state index contributed by atoms with van der Waals surface area (Å²) in [5.74, 6) is -0.518. The van der Waals surface area contributed by atoms with Crippen LogP contribution in [0.2, 0.25) is 0 Å². The van der Waals surface area contributed by atoms with Gasteiger partial charge in [0.1, 0.15) is 5.75 Å². The van der Waals surface area contributed by atoms with Crippen molar-refractivity contribution in [2.75, 3.05) is 0 Å². The standard InChI is InChI=1S/C13H10ClFO3S/c14-19(16,17)9-10-6-7-12(15)13(8-10)18-11-4-2-1-3-5-11/h1-8H,9H2. The molecule has 19 heavy (non-hydrogen) atoms. The number of ether oxygens (including phenoxy) is 1. The summed E-state index contributed by atoms with van der Waals surface area (Å²) in [7, 11) is 1.47. The van der Waals surface area contributed by atoms with Crippen LogP contribution in [0.4, 0.5) is 4.39 Å². The summed E-state index contributed by atoms with van der Waals surface area (Å²) in [5, 5.41) is 0. The molecule has 0 fully saturated rings. The second kappa shape index (κ2) is 5.59. The third-order valence-electron chi connectivity index (χ3n) is 2.31. The summed E-state index contributed by atoms with van der Waals surface area (Å²) in [4.78, 5) is 0. The average molecular weight is 301 g/mol. The highest BCUT2D eigenvalue weighted by Crippen LogP contribution is 2.26. The van der Waals surface area contributed by atoms with Crippen LogP contribution >= 0.6 is 10.7 Å². The first-order chi connectivity index (χ1) is 8.94. The fraction of sp³-hybridized carbons (Fsp3) is 0.0769. The van der Waals surface area contributed by atoms with Crippen LogP contribution in [0.25, 0.3) is 0 Å². The Hall–Kier alpha value is -1.59. The van der Waals surface area contributed by atoms with Crippen LogP contribution in [0.15, 0.2) is 48.5 Å². The lowest BCUT2D eigenvalue weighted by Crippen LogP contribution is -1.97. The molecule has 0 aliphatic rings. The number of para-hydroxylation sites is 1. The quantitative estimate of drug-likeness (QED) is 0.809. The normalized spacial score (nSPS) is 11.3. The van der Waals surface area contributed by atoms with Crippen molar-refractivity contribution in [1.82, 2.24) is 0 Å². The molecule has 0 aliphatic heterocycles. The Labute approximate surface area is 115 Å². The van der Waals surface area contributed by atoms with Crippen LogP contribution in [-0.2, 0) is 14.8 Å². The van der Waals surface area contributed by atoms with Crippen LogP contribution in [0.3, 0.4) is 0 Å². The molecule has 6 heteroatoms. The minimum absolute atomic E-state index is 0.0379. The first kappa shape index (κ1) is 13.8. The molecule has 0 aromatic heterocycles. The van der Waals surface area contributed by atoms with Crippen molar-refractivity contribution in [3.8, 4) is 11.5 Å². The summed E-state index contributed by atoms with van der Waals surface area (Å²) >= 11 is 0. The Balaban J connectivity index is 2.27. The topological polar surface area (TPSA) is 43.4 Å². The predicted octanol–water partition coefficient (Wildman–Crippen LogP) is 3.69. The highest BCUT2D eigenvalue weighted by atomic mass is 35.7. The Morgan fingerprint density at radius 2 is 1.79 bits per heavy atom. The zero-order valence-electron chi connectivity index (χ0n) is 9.71. The highest BCUT2D eigenvalue weighted by Gasteiger charge is 2.11. The van der Waals surface area contributed by atoms with Crippen molar-refractivity contribution in [3.05, 3.63) is 59.9 Å². The molecule has 0 bridgehead atoms. The van der Waals surface area contributed by atoms with E-state index < -0.39 is 14.9 Å².